The Morgan fingerprint density at radius 2 is 1.76 bits per heavy atom. The van der Waals surface area contributed by atoms with E-state index in [1.807, 2.05) is 19.1 Å². The number of furan rings is 1. The minimum Gasteiger partial charge on any atom is -0.460 e. The van der Waals surface area contributed by atoms with Crippen LogP contribution in [0, 0.1) is 5.82 Å². The van der Waals surface area contributed by atoms with Gasteiger partial charge in [0.1, 0.15) is 17.3 Å². The third kappa shape index (κ3) is 4.14. The minimum atomic E-state index is -0.309. The van der Waals surface area contributed by atoms with Crippen molar-refractivity contribution < 1.29 is 18.3 Å². The van der Waals surface area contributed by atoms with Crippen LogP contribution in [0.5, 0.6) is 0 Å². The van der Waals surface area contributed by atoms with Gasteiger partial charge in [-0.2, -0.15) is 0 Å². The smallest absolute Gasteiger partial charge is 0.171 e. The van der Waals surface area contributed by atoms with Crippen molar-refractivity contribution in [3.63, 3.8) is 0 Å². The Kier molecular flexibility index (Phi) is 5.50. The van der Waals surface area contributed by atoms with Gasteiger partial charge in [-0.15, -0.1) is 0 Å². The highest BCUT2D eigenvalue weighted by Crippen LogP contribution is 2.22. The van der Waals surface area contributed by atoms with E-state index in [0.717, 1.165) is 17.1 Å². The molecular formula is C16H20FNO3. The molecule has 5 heteroatoms. The highest BCUT2D eigenvalue weighted by molar-refractivity contribution is 5.57. The normalized spacial score (nSPS) is 12.8. The predicted molar refractivity (Wildman–Crippen MR) is 78.2 cm³/mol. The Balaban J connectivity index is 1.96. The van der Waals surface area contributed by atoms with Crippen LogP contribution in [0.3, 0.4) is 0 Å². The Hall–Kier alpha value is -1.69. The fourth-order valence-corrected chi connectivity index (χ4v) is 2.10. The van der Waals surface area contributed by atoms with E-state index >= 15 is 0 Å². The van der Waals surface area contributed by atoms with Crippen LogP contribution in [0.25, 0.3) is 11.3 Å². The molecule has 0 saturated heterocycles. The number of benzene rings is 1. The van der Waals surface area contributed by atoms with Crippen molar-refractivity contribution in [2.24, 2.45) is 0 Å². The molecule has 0 saturated carbocycles. The second kappa shape index (κ2) is 7.36. The number of nitrogens with one attached hydrogen (secondary N) is 1. The molecule has 1 heterocycles. The van der Waals surface area contributed by atoms with Crippen LogP contribution in [0.1, 0.15) is 12.7 Å². The van der Waals surface area contributed by atoms with Gasteiger partial charge in [0.2, 0.25) is 0 Å². The largest absolute Gasteiger partial charge is 0.460 e. The maximum atomic E-state index is 12.9. The molecule has 0 radical (unpaired) electrons. The average molecular weight is 293 g/mol. The third-order valence-corrected chi connectivity index (χ3v) is 3.26. The van der Waals surface area contributed by atoms with Crippen molar-refractivity contribution in [3.8, 4) is 11.3 Å². The van der Waals surface area contributed by atoms with Gasteiger partial charge < -0.3 is 19.2 Å². The Bertz CT molecular complexity index is 549. The van der Waals surface area contributed by atoms with Gasteiger partial charge in [0.15, 0.2) is 6.29 Å². The standard InChI is InChI=1S/C16H20FNO3/c1-11(16(19-2)20-3)18-10-14-8-9-15(21-14)12-4-6-13(17)7-5-12/h4-9,11,16,18H,10H2,1-3H3. The summed E-state index contributed by atoms with van der Waals surface area (Å²) in [6.07, 6.45) is -0.309. The lowest BCUT2D eigenvalue weighted by atomic mass is 10.2. The SMILES string of the molecule is COC(OC)C(C)NCc1ccc(-c2ccc(F)cc2)o1. The van der Waals surface area contributed by atoms with E-state index in [1.165, 1.54) is 12.1 Å². The van der Waals surface area contributed by atoms with Crippen LogP contribution < -0.4 is 5.32 Å². The van der Waals surface area contributed by atoms with Crippen LogP contribution in [-0.4, -0.2) is 26.6 Å². The van der Waals surface area contributed by atoms with E-state index in [9.17, 15) is 4.39 Å². The van der Waals surface area contributed by atoms with Crippen molar-refractivity contribution in [3.05, 3.63) is 48.0 Å². The molecule has 0 bridgehead atoms. The zero-order valence-electron chi connectivity index (χ0n) is 12.4. The quantitative estimate of drug-likeness (QED) is 0.796. The highest BCUT2D eigenvalue weighted by atomic mass is 19.1. The number of ether oxygens (including phenoxy) is 2. The molecule has 1 atom stereocenters. The van der Waals surface area contributed by atoms with E-state index in [0.29, 0.717) is 6.54 Å². The van der Waals surface area contributed by atoms with Gasteiger partial charge in [-0.25, -0.2) is 4.39 Å². The summed E-state index contributed by atoms with van der Waals surface area (Å²) in [6.45, 7) is 2.53. The Morgan fingerprint density at radius 3 is 2.38 bits per heavy atom. The van der Waals surface area contributed by atoms with Crippen molar-refractivity contribution in [2.75, 3.05) is 14.2 Å². The average Bonchev–Trinajstić information content (AvgIpc) is 2.96. The lowest BCUT2D eigenvalue weighted by Crippen LogP contribution is -2.39. The lowest BCUT2D eigenvalue weighted by Gasteiger charge is -2.21. The molecule has 2 rings (SSSR count). The first-order chi connectivity index (χ1) is 10.1. The van der Waals surface area contributed by atoms with Gasteiger partial charge >= 0.3 is 0 Å². The topological polar surface area (TPSA) is 43.6 Å². The molecule has 114 valence electrons. The maximum absolute atomic E-state index is 12.9. The molecule has 0 fully saturated rings. The summed E-state index contributed by atoms with van der Waals surface area (Å²) < 4.78 is 29.0. The van der Waals surface area contributed by atoms with E-state index in [2.05, 4.69) is 5.32 Å². The van der Waals surface area contributed by atoms with Crippen LogP contribution in [0.4, 0.5) is 4.39 Å². The second-order valence-electron chi connectivity index (χ2n) is 4.78. The number of halogens is 1. The fraction of sp³-hybridized carbons (Fsp3) is 0.375. The molecule has 0 spiro atoms. The molecule has 1 unspecified atom stereocenters. The summed E-state index contributed by atoms with van der Waals surface area (Å²) in [4.78, 5) is 0. The number of rotatable bonds is 7. The monoisotopic (exact) mass is 293 g/mol. The molecule has 21 heavy (non-hydrogen) atoms. The zero-order valence-corrected chi connectivity index (χ0v) is 12.4. The van der Waals surface area contributed by atoms with Crippen LogP contribution >= 0.6 is 0 Å². The van der Waals surface area contributed by atoms with Gasteiger partial charge in [0.25, 0.3) is 0 Å². The Labute approximate surface area is 123 Å². The molecule has 0 aliphatic carbocycles. The first-order valence-corrected chi connectivity index (χ1v) is 6.77. The molecule has 1 aromatic carbocycles. The molecule has 0 aliphatic rings. The maximum Gasteiger partial charge on any atom is 0.171 e. The number of hydrogen-bond donors (Lipinski definition) is 1. The second-order valence-corrected chi connectivity index (χ2v) is 4.78. The summed E-state index contributed by atoms with van der Waals surface area (Å²) >= 11 is 0. The van der Waals surface area contributed by atoms with Crippen molar-refractivity contribution >= 4 is 0 Å². The summed E-state index contributed by atoms with van der Waals surface area (Å²) in [5.41, 5.74) is 0.849. The van der Waals surface area contributed by atoms with Crippen molar-refractivity contribution in [1.82, 2.24) is 5.32 Å². The van der Waals surface area contributed by atoms with Gasteiger partial charge in [0.05, 0.1) is 12.6 Å². The molecule has 1 N–H and O–H groups in total. The summed E-state index contributed by atoms with van der Waals surface area (Å²) in [5.74, 6) is 1.26. The summed E-state index contributed by atoms with van der Waals surface area (Å²) in [5, 5.41) is 3.27. The number of hydrogen-bond acceptors (Lipinski definition) is 4. The predicted octanol–water partition coefficient (Wildman–Crippen LogP) is 3.18. The first-order valence-electron chi connectivity index (χ1n) is 6.77. The van der Waals surface area contributed by atoms with E-state index in [1.54, 1.807) is 26.4 Å². The van der Waals surface area contributed by atoms with Crippen LogP contribution in [0.2, 0.25) is 0 Å². The summed E-state index contributed by atoms with van der Waals surface area (Å²) in [7, 11) is 3.21. The molecule has 2 aromatic rings. The van der Waals surface area contributed by atoms with E-state index in [-0.39, 0.29) is 18.1 Å². The number of methoxy groups -OCH3 is 2. The zero-order chi connectivity index (χ0) is 15.2. The van der Waals surface area contributed by atoms with E-state index in [4.69, 9.17) is 13.9 Å². The van der Waals surface area contributed by atoms with E-state index < -0.39 is 0 Å². The van der Waals surface area contributed by atoms with Crippen LogP contribution in [0.15, 0.2) is 40.8 Å². The highest BCUT2D eigenvalue weighted by Gasteiger charge is 2.15. The van der Waals surface area contributed by atoms with Gasteiger partial charge in [0, 0.05) is 19.8 Å². The molecular weight excluding hydrogens is 273 g/mol. The molecule has 4 nitrogen and oxygen atoms in total. The van der Waals surface area contributed by atoms with Gasteiger partial charge in [-0.1, -0.05) is 0 Å². The molecule has 1 aromatic heterocycles. The molecule has 0 amide bonds. The van der Waals surface area contributed by atoms with Crippen LogP contribution in [-0.2, 0) is 16.0 Å². The van der Waals surface area contributed by atoms with Crippen molar-refractivity contribution in [2.45, 2.75) is 25.8 Å². The minimum absolute atomic E-state index is 0.0272. The van der Waals surface area contributed by atoms with Gasteiger partial charge in [-0.05, 0) is 43.3 Å². The van der Waals surface area contributed by atoms with Crippen molar-refractivity contribution in [1.29, 1.82) is 0 Å². The molecule has 0 aliphatic heterocycles. The Morgan fingerprint density at radius 1 is 1.10 bits per heavy atom. The van der Waals surface area contributed by atoms with Gasteiger partial charge in [-0.3, -0.25) is 0 Å². The third-order valence-electron chi connectivity index (χ3n) is 3.26. The summed E-state index contributed by atoms with van der Waals surface area (Å²) in [6, 6.07) is 10.0. The lowest BCUT2D eigenvalue weighted by molar-refractivity contribution is -0.119. The first kappa shape index (κ1) is 15.7. The fourth-order valence-electron chi connectivity index (χ4n) is 2.10.